The third-order valence-corrected chi connectivity index (χ3v) is 1.80. The molecule has 0 aliphatic carbocycles. The quantitative estimate of drug-likeness (QED) is 0.614. The van der Waals surface area contributed by atoms with Gasteiger partial charge in [0.15, 0.2) is 0 Å². The standard InChI is InChI=1S/C9H13N3O3/c13-8(1-2-9(14)15)12-4-3-7-10-5-6-11-7/h5-6H,1-4H2,(H,10,11)(H,12,13)(H,14,15). The summed E-state index contributed by atoms with van der Waals surface area (Å²) in [5.41, 5.74) is 0. The molecule has 1 aromatic heterocycles. The molecule has 0 saturated heterocycles. The number of carboxylic acids is 1. The molecule has 1 rings (SSSR count). The van der Waals surface area contributed by atoms with E-state index in [0.717, 1.165) is 5.82 Å². The van der Waals surface area contributed by atoms with E-state index >= 15 is 0 Å². The molecular formula is C9H13N3O3. The third-order valence-electron chi connectivity index (χ3n) is 1.80. The van der Waals surface area contributed by atoms with Gasteiger partial charge in [0, 0.05) is 31.8 Å². The molecule has 1 heterocycles. The maximum Gasteiger partial charge on any atom is 0.303 e. The van der Waals surface area contributed by atoms with Gasteiger partial charge in [0.1, 0.15) is 5.82 Å². The van der Waals surface area contributed by atoms with Gasteiger partial charge in [0.2, 0.25) is 5.91 Å². The second kappa shape index (κ2) is 5.79. The van der Waals surface area contributed by atoms with Crippen molar-refractivity contribution in [3.8, 4) is 0 Å². The Kier molecular flexibility index (Phi) is 4.33. The molecule has 0 spiro atoms. The average Bonchev–Trinajstić information content (AvgIpc) is 2.67. The Morgan fingerprint density at radius 2 is 2.27 bits per heavy atom. The van der Waals surface area contributed by atoms with E-state index < -0.39 is 5.97 Å². The maximum absolute atomic E-state index is 11.1. The van der Waals surface area contributed by atoms with Crippen molar-refractivity contribution in [1.29, 1.82) is 0 Å². The molecule has 0 aliphatic rings. The molecule has 1 aromatic rings. The summed E-state index contributed by atoms with van der Waals surface area (Å²) < 4.78 is 0. The van der Waals surface area contributed by atoms with Crippen LogP contribution < -0.4 is 5.32 Å². The van der Waals surface area contributed by atoms with Crippen LogP contribution in [0, 0.1) is 0 Å². The monoisotopic (exact) mass is 211 g/mol. The number of aromatic amines is 1. The Hall–Kier alpha value is -1.85. The normalized spacial score (nSPS) is 9.87. The van der Waals surface area contributed by atoms with Crippen molar-refractivity contribution in [3.63, 3.8) is 0 Å². The fraction of sp³-hybridized carbons (Fsp3) is 0.444. The average molecular weight is 211 g/mol. The first kappa shape index (κ1) is 11.2. The van der Waals surface area contributed by atoms with Crippen molar-refractivity contribution in [2.45, 2.75) is 19.3 Å². The lowest BCUT2D eigenvalue weighted by Crippen LogP contribution is -2.26. The second-order valence-corrected chi connectivity index (χ2v) is 3.03. The molecule has 1 amide bonds. The lowest BCUT2D eigenvalue weighted by atomic mass is 10.3. The minimum Gasteiger partial charge on any atom is -0.481 e. The Bertz CT molecular complexity index is 321. The van der Waals surface area contributed by atoms with E-state index in [9.17, 15) is 9.59 Å². The number of H-pyrrole nitrogens is 1. The second-order valence-electron chi connectivity index (χ2n) is 3.03. The summed E-state index contributed by atoms with van der Waals surface area (Å²) >= 11 is 0. The first-order valence-electron chi connectivity index (χ1n) is 4.65. The van der Waals surface area contributed by atoms with Crippen LogP contribution in [0.2, 0.25) is 0 Å². The molecular weight excluding hydrogens is 198 g/mol. The highest BCUT2D eigenvalue weighted by atomic mass is 16.4. The van der Waals surface area contributed by atoms with Crippen LogP contribution in [0.3, 0.4) is 0 Å². The number of imidazole rings is 1. The number of nitrogens with zero attached hydrogens (tertiary/aromatic N) is 1. The van der Waals surface area contributed by atoms with E-state index in [1.807, 2.05) is 0 Å². The summed E-state index contributed by atoms with van der Waals surface area (Å²) in [6.45, 7) is 0.464. The van der Waals surface area contributed by atoms with Gasteiger partial charge in [0.05, 0.1) is 6.42 Å². The Labute approximate surface area is 86.7 Å². The predicted octanol–water partition coefficient (Wildman–Crippen LogP) is -0.0668. The van der Waals surface area contributed by atoms with Crippen LogP contribution in [-0.2, 0) is 16.0 Å². The van der Waals surface area contributed by atoms with Crippen molar-refractivity contribution in [1.82, 2.24) is 15.3 Å². The van der Waals surface area contributed by atoms with Gasteiger partial charge in [-0.3, -0.25) is 9.59 Å². The first-order chi connectivity index (χ1) is 7.18. The Morgan fingerprint density at radius 3 is 2.87 bits per heavy atom. The van der Waals surface area contributed by atoms with Gasteiger partial charge in [-0.1, -0.05) is 0 Å². The van der Waals surface area contributed by atoms with Crippen LogP contribution in [-0.4, -0.2) is 33.5 Å². The molecule has 6 nitrogen and oxygen atoms in total. The largest absolute Gasteiger partial charge is 0.481 e. The molecule has 15 heavy (non-hydrogen) atoms. The fourth-order valence-corrected chi connectivity index (χ4v) is 1.06. The number of aromatic nitrogens is 2. The molecule has 0 unspecified atom stereocenters. The highest BCUT2D eigenvalue weighted by molar-refractivity contribution is 5.80. The van der Waals surface area contributed by atoms with E-state index in [4.69, 9.17) is 5.11 Å². The molecule has 3 N–H and O–H groups in total. The molecule has 0 aromatic carbocycles. The zero-order valence-electron chi connectivity index (χ0n) is 8.19. The van der Waals surface area contributed by atoms with Crippen molar-refractivity contribution < 1.29 is 14.7 Å². The van der Waals surface area contributed by atoms with Crippen molar-refractivity contribution >= 4 is 11.9 Å². The van der Waals surface area contributed by atoms with Gasteiger partial charge >= 0.3 is 5.97 Å². The lowest BCUT2D eigenvalue weighted by molar-refractivity contribution is -0.138. The number of aliphatic carboxylic acids is 1. The molecule has 0 saturated carbocycles. The number of carboxylic acid groups (broad SMARTS) is 1. The van der Waals surface area contributed by atoms with E-state index in [1.54, 1.807) is 12.4 Å². The topological polar surface area (TPSA) is 95.1 Å². The van der Waals surface area contributed by atoms with Crippen LogP contribution in [0.25, 0.3) is 0 Å². The van der Waals surface area contributed by atoms with E-state index in [0.29, 0.717) is 13.0 Å². The lowest BCUT2D eigenvalue weighted by Gasteiger charge is -2.02. The molecule has 0 fully saturated rings. The minimum absolute atomic E-state index is 0.0213. The number of nitrogens with one attached hydrogen (secondary N) is 2. The summed E-state index contributed by atoms with van der Waals surface area (Å²) in [5, 5.41) is 11.0. The number of hydrogen-bond donors (Lipinski definition) is 3. The fourth-order valence-electron chi connectivity index (χ4n) is 1.06. The molecule has 0 aliphatic heterocycles. The highest BCUT2D eigenvalue weighted by Crippen LogP contribution is 1.91. The summed E-state index contributed by atoms with van der Waals surface area (Å²) in [5.74, 6) is -0.409. The zero-order chi connectivity index (χ0) is 11.1. The van der Waals surface area contributed by atoms with Gasteiger partial charge in [-0.2, -0.15) is 0 Å². The van der Waals surface area contributed by atoms with Gasteiger partial charge < -0.3 is 15.4 Å². The zero-order valence-corrected chi connectivity index (χ0v) is 8.19. The molecule has 82 valence electrons. The number of rotatable bonds is 6. The summed E-state index contributed by atoms with van der Waals surface area (Å²) in [6.07, 6.45) is 3.86. The van der Waals surface area contributed by atoms with E-state index in [1.165, 1.54) is 0 Å². The van der Waals surface area contributed by atoms with Crippen molar-refractivity contribution in [2.24, 2.45) is 0 Å². The van der Waals surface area contributed by atoms with Gasteiger partial charge in [0.25, 0.3) is 0 Å². The van der Waals surface area contributed by atoms with Gasteiger partial charge in [-0.05, 0) is 0 Å². The van der Waals surface area contributed by atoms with Crippen LogP contribution >= 0.6 is 0 Å². The summed E-state index contributed by atoms with van der Waals surface area (Å²) in [7, 11) is 0. The number of hydrogen-bond acceptors (Lipinski definition) is 3. The third kappa shape index (κ3) is 4.80. The highest BCUT2D eigenvalue weighted by Gasteiger charge is 2.04. The first-order valence-corrected chi connectivity index (χ1v) is 4.65. The molecule has 0 radical (unpaired) electrons. The molecule has 0 bridgehead atoms. The predicted molar refractivity (Wildman–Crippen MR) is 52.2 cm³/mol. The number of carbonyl (C=O) groups is 2. The van der Waals surface area contributed by atoms with Crippen LogP contribution in [0.5, 0.6) is 0 Å². The molecule has 0 atom stereocenters. The van der Waals surface area contributed by atoms with E-state index in [2.05, 4.69) is 15.3 Å². The smallest absolute Gasteiger partial charge is 0.303 e. The van der Waals surface area contributed by atoms with Gasteiger partial charge in [-0.15, -0.1) is 0 Å². The van der Waals surface area contributed by atoms with Crippen LogP contribution in [0.15, 0.2) is 12.4 Å². The number of amides is 1. The SMILES string of the molecule is O=C(O)CCC(=O)NCCc1ncc[nH]1. The minimum atomic E-state index is -0.962. The summed E-state index contributed by atoms with van der Waals surface area (Å²) in [6, 6.07) is 0. The number of carbonyl (C=O) groups excluding carboxylic acids is 1. The maximum atomic E-state index is 11.1. The Balaban J connectivity index is 2.09. The van der Waals surface area contributed by atoms with Crippen LogP contribution in [0.1, 0.15) is 18.7 Å². The van der Waals surface area contributed by atoms with Gasteiger partial charge in [-0.25, -0.2) is 4.98 Å². The van der Waals surface area contributed by atoms with Crippen LogP contribution in [0.4, 0.5) is 0 Å². The van der Waals surface area contributed by atoms with E-state index in [-0.39, 0.29) is 18.7 Å². The Morgan fingerprint density at radius 1 is 1.47 bits per heavy atom. The summed E-state index contributed by atoms with van der Waals surface area (Å²) in [4.78, 5) is 28.1. The van der Waals surface area contributed by atoms with Crippen molar-refractivity contribution in [3.05, 3.63) is 18.2 Å². The van der Waals surface area contributed by atoms with Crippen molar-refractivity contribution in [2.75, 3.05) is 6.54 Å². The molecule has 6 heteroatoms.